The van der Waals surface area contributed by atoms with Crippen LogP contribution in [0.5, 0.6) is 0 Å². The van der Waals surface area contributed by atoms with Gasteiger partial charge in [-0.2, -0.15) is 18.6 Å². The van der Waals surface area contributed by atoms with Gasteiger partial charge in [-0.3, -0.25) is 14.5 Å². The number of hydrogen-bond donors (Lipinski definition) is 2. The number of fused-ring (bicyclic) bond motifs is 1. The SMILES string of the molecule is C=CC(=O)N1CC[C@H](n2nc(C#Cc3c(F)cc4c(ncn4CC)c3F)c(C(N)=O)c2NCCN2CCOCC2)C1.S. The summed E-state index contributed by atoms with van der Waals surface area (Å²) in [6.45, 7) is 10.8. The molecule has 2 saturated heterocycles. The third-order valence-electron chi connectivity index (χ3n) is 7.43. The van der Waals surface area contributed by atoms with Crippen LogP contribution in [0.3, 0.4) is 0 Å². The smallest absolute Gasteiger partial charge is 0.255 e. The lowest BCUT2D eigenvalue weighted by Crippen LogP contribution is -2.39. The molecule has 11 nitrogen and oxygen atoms in total. The van der Waals surface area contributed by atoms with Gasteiger partial charge in [0.15, 0.2) is 11.5 Å². The fraction of sp³-hybridized carbons (Fsp3) is 0.429. The molecule has 0 aliphatic carbocycles. The van der Waals surface area contributed by atoms with Gasteiger partial charge in [0, 0.05) is 51.9 Å². The molecular formula is C28H34F2N8O3S. The van der Waals surface area contributed by atoms with Crippen molar-refractivity contribution in [3.63, 3.8) is 0 Å². The highest BCUT2D eigenvalue weighted by molar-refractivity contribution is 7.59. The first kappa shape index (κ1) is 31.0. The van der Waals surface area contributed by atoms with Crippen molar-refractivity contribution in [2.45, 2.75) is 25.9 Å². The molecule has 2 aromatic heterocycles. The van der Waals surface area contributed by atoms with Gasteiger partial charge in [-0.05, 0) is 25.3 Å². The van der Waals surface area contributed by atoms with Crippen LogP contribution in [-0.2, 0) is 16.1 Å². The molecular weight excluding hydrogens is 566 g/mol. The zero-order chi connectivity index (χ0) is 29.1. The summed E-state index contributed by atoms with van der Waals surface area (Å²) >= 11 is 0. The Hall–Kier alpha value is -3.93. The first-order chi connectivity index (χ1) is 19.8. The summed E-state index contributed by atoms with van der Waals surface area (Å²) in [6, 6.07) is 0.913. The number of amides is 2. The van der Waals surface area contributed by atoms with E-state index in [4.69, 9.17) is 10.5 Å². The van der Waals surface area contributed by atoms with E-state index >= 15 is 4.39 Å². The molecule has 0 unspecified atom stereocenters. The molecule has 3 N–H and O–H groups in total. The minimum atomic E-state index is -0.891. The summed E-state index contributed by atoms with van der Waals surface area (Å²) in [5.41, 5.74) is 5.64. The molecule has 0 saturated carbocycles. The van der Waals surface area contributed by atoms with Gasteiger partial charge < -0.3 is 25.3 Å². The Morgan fingerprint density at radius 1 is 1.26 bits per heavy atom. The number of aryl methyl sites for hydroxylation is 1. The lowest BCUT2D eigenvalue weighted by molar-refractivity contribution is -0.125. The third kappa shape index (κ3) is 6.13. The van der Waals surface area contributed by atoms with Gasteiger partial charge in [0.1, 0.15) is 22.7 Å². The number of hydrogen-bond acceptors (Lipinski definition) is 7. The summed E-state index contributed by atoms with van der Waals surface area (Å²) < 4.78 is 38.9. The number of aromatic nitrogens is 4. The number of morpholine rings is 1. The van der Waals surface area contributed by atoms with Crippen LogP contribution in [-0.4, -0.2) is 93.4 Å². The van der Waals surface area contributed by atoms with Crippen LogP contribution in [0.25, 0.3) is 11.0 Å². The molecule has 2 amide bonds. The minimum absolute atomic E-state index is 0. The van der Waals surface area contributed by atoms with Crippen molar-refractivity contribution in [3.05, 3.63) is 53.5 Å². The van der Waals surface area contributed by atoms with E-state index in [-0.39, 0.29) is 42.2 Å². The lowest BCUT2D eigenvalue weighted by Gasteiger charge is -2.27. The first-order valence-electron chi connectivity index (χ1n) is 13.5. The Morgan fingerprint density at radius 2 is 2.02 bits per heavy atom. The summed E-state index contributed by atoms with van der Waals surface area (Å²) in [4.78, 5) is 32.8. The van der Waals surface area contributed by atoms with Crippen LogP contribution in [0.1, 0.15) is 41.0 Å². The normalized spacial score (nSPS) is 17.0. The van der Waals surface area contributed by atoms with E-state index in [2.05, 4.69) is 38.7 Å². The maximum absolute atomic E-state index is 15.3. The Morgan fingerprint density at radius 3 is 2.71 bits per heavy atom. The monoisotopic (exact) mass is 600 g/mol. The number of likely N-dealkylation sites (tertiary alicyclic amines) is 1. The number of ether oxygens (including phenoxy) is 1. The van der Waals surface area contributed by atoms with Crippen molar-refractivity contribution in [2.75, 3.05) is 57.8 Å². The van der Waals surface area contributed by atoms with Crippen molar-refractivity contribution in [1.82, 2.24) is 29.1 Å². The number of nitrogens with one attached hydrogen (secondary N) is 1. The molecule has 0 spiro atoms. The van der Waals surface area contributed by atoms with E-state index < -0.39 is 23.1 Å². The van der Waals surface area contributed by atoms with Crippen molar-refractivity contribution < 1.29 is 23.1 Å². The van der Waals surface area contributed by atoms with Crippen LogP contribution < -0.4 is 11.1 Å². The highest BCUT2D eigenvalue weighted by Gasteiger charge is 2.32. The molecule has 42 heavy (non-hydrogen) atoms. The molecule has 1 atom stereocenters. The van der Waals surface area contributed by atoms with Gasteiger partial charge in [-0.15, -0.1) is 0 Å². The maximum Gasteiger partial charge on any atom is 0.255 e. The van der Waals surface area contributed by atoms with Crippen molar-refractivity contribution in [2.24, 2.45) is 5.73 Å². The summed E-state index contributed by atoms with van der Waals surface area (Å²) in [5, 5.41) is 7.86. The number of halogens is 2. The van der Waals surface area contributed by atoms with Gasteiger partial charge in [0.2, 0.25) is 5.91 Å². The van der Waals surface area contributed by atoms with E-state index in [0.29, 0.717) is 63.7 Å². The number of imidazole rings is 1. The molecule has 5 rings (SSSR count). The predicted octanol–water partition coefficient (Wildman–Crippen LogP) is 1.85. The quantitative estimate of drug-likeness (QED) is 0.299. The van der Waals surface area contributed by atoms with E-state index in [1.807, 2.05) is 6.92 Å². The number of benzene rings is 1. The van der Waals surface area contributed by atoms with Crippen LogP contribution in [0.15, 0.2) is 25.0 Å². The zero-order valence-corrected chi connectivity index (χ0v) is 24.3. The van der Waals surface area contributed by atoms with Gasteiger partial charge in [0.05, 0.1) is 36.7 Å². The largest absolute Gasteiger partial charge is 0.379 e. The Bertz CT molecular complexity index is 1550. The molecule has 14 heteroatoms. The third-order valence-corrected chi connectivity index (χ3v) is 7.43. The molecule has 2 aliphatic rings. The number of carbonyl (C=O) groups is 2. The molecule has 2 fully saturated rings. The molecule has 224 valence electrons. The second kappa shape index (κ2) is 13.4. The molecule has 1 aromatic carbocycles. The fourth-order valence-corrected chi connectivity index (χ4v) is 5.23. The molecule has 4 heterocycles. The summed E-state index contributed by atoms with van der Waals surface area (Å²) in [7, 11) is 0. The number of anilines is 1. The van der Waals surface area contributed by atoms with Crippen LogP contribution in [0.4, 0.5) is 14.6 Å². The van der Waals surface area contributed by atoms with Crippen LogP contribution in [0.2, 0.25) is 0 Å². The van der Waals surface area contributed by atoms with Crippen molar-refractivity contribution in [3.8, 4) is 11.8 Å². The van der Waals surface area contributed by atoms with Crippen LogP contribution in [0, 0.1) is 23.5 Å². The number of nitrogens with two attached hydrogens (primary N) is 1. The Balaban J connectivity index is 0.00000405. The first-order valence-corrected chi connectivity index (χ1v) is 13.5. The van der Waals surface area contributed by atoms with E-state index in [1.54, 1.807) is 14.1 Å². The van der Waals surface area contributed by atoms with Crippen LogP contribution >= 0.6 is 13.5 Å². The second-order valence-electron chi connectivity index (χ2n) is 9.89. The zero-order valence-electron chi connectivity index (χ0n) is 23.3. The summed E-state index contributed by atoms with van der Waals surface area (Å²) in [6.07, 6.45) is 3.26. The number of carbonyl (C=O) groups excluding carboxylic acids is 2. The Labute approximate surface area is 249 Å². The highest BCUT2D eigenvalue weighted by Crippen LogP contribution is 2.30. The number of rotatable bonds is 8. The fourth-order valence-electron chi connectivity index (χ4n) is 5.23. The molecule has 3 aromatic rings. The average Bonchev–Trinajstić information content (AvgIpc) is 3.70. The second-order valence-corrected chi connectivity index (χ2v) is 9.89. The topological polar surface area (TPSA) is 124 Å². The van der Waals surface area contributed by atoms with E-state index in [0.717, 1.165) is 13.1 Å². The number of primary amides is 1. The van der Waals surface area contributed by atoms with Gasteiger partial charge in [-0.1, -0.05) is 12.5 Å². The number of nitrogens with zero attached hydrogens (tertiary/aromatic N) is 6. The standard InChI is InChI=1S/C28H32F2N8O3.H2S/c1-3-23(39)37-9-7-18(16-37)38-28(32-8-10-35-11-13-41-14-12-35)24(27(31)40)21(34-38)6-5-19-20(29)15-22-26(25(19)30)33-17-36(22)4-2;/h3,15,17-18,32H,1,4,7-14,16H2,2H3,(H2,31,40);1H2/t18-;/m0./s1. The molecule has 0 radical (unpaired) electrons. The van der Waals surface area contributed by atoms with Gasteiger partial charge >= 0.3 is 0 Å². The van der Waals surface area contributed by atoms with Crippen molar-refractivity contribution >= 4 is 42.2 Å². The van der Waals surface area contributed by atoms with Gasteiger partial charge in [-0.25, -0.2) is 18.4 Å². The average molecular weight is 601 g/mol. The highest BCUT2D eigenvalue weighted by atomic mass is 32.1. The Kier molecular flexibility index (Phi) is 9.87. The van der Waals surface area contributed by atoms with E-state index in [9.17, 15) is 14.0 Å². The van der Waals surface area contributed by atoms with E-state index in [1.165, 1.54) is 18.5 Å². The van der Waals surface area contributed by atoms with Gasteiger partial charge in [0.25, 0.3) is 5.91 Å². The maximum atomic E-state index is 15.3. The van der Waals surface area contributed by atoms with Crippen molar-refractivity contribution in [1.29, 1.82) is 0 Å². The predicted molar refractivity (Wildman–Crippen MR) is 159 cm³/mol. The summed E-state index contributed by atoms with van der Waals surface area (Å²) in [5.74, 6) is 2.83. The lowest BCUT2D eigenvalue weighted by atomic mass is 10.1. The molecule has 2 aliphatic heterocycles. The minimum Gasteiger partial charge on any atom is -0.379 e. The molecule has 0 bridgehead atoms.